The Labute approximate surface area is 437 Å². The molecule has 4 aliphatic heterocycles. The highest BCUT2D eigenvalue weighted by Crippen LogP contribution is 2.35. The summed E-state index contributed by atoms with van der Waals surface area (Å²) < 4.78 is 19.3. The summed E-state index contributed by atoms with van der Waals surface area (Å²) in [7, 11) is 0. The second-order valence-corrected chi connectivity index (χ2v) is 27.1. The first-order chi connectivity index (χ1) is 33.7. The van der Waals surface area contributed by atoms with Crippen LogP contribution in [-0.4, -0.2) is 124 Å². The second-order valence-electron chi connectivity index (χ2n) is 22.5. The molecule has 4 aliphatic rings. The van der Waals surface area contributed by atoms with Crippen molar-refractivity contribution < 1.29 is 28.0 Å². The molecular formula is C51H78N10O6S4. The summed E-state index contributed by atoms with van der Waals surface area (Å²) in [6.07, 6.45) is 15.2. The van der Waals surface area contributed by atoms with Crippen LogP contribution in [0.4, 0.5) is 15.1 Å². The first kappa shape index (κ1) is 55.2. The van der Waals surface area contributed by atoms with Crippen molar-refractivity contribution in [3.8, 4) is 0 Å². The smallest absolute Gasteiger partial charge is 0.410 e. The number of nitrogens with zero attached hydrogens (tertiary/aromatic N) is 7. The molecule has 8 rings (SSSR count). The van der Waals surface area contributed by atoms with Crippen LogP contribution in [0, 0.1) is 23.7 Å². The van der Waals surface area contributed by atoms with Gasteiger partial charge in [-0.15, -0.1) is 23.5 Å². The van der Waals surface area contributed by atoms with Crippen LogP contribution in [0.15, 0.2) is 42.0 Å². The summed E-state index contributed by atoms with van der Waals surface area (Å²) in [6, 6.07) is 0. The van der Waals surface area contributed by atoms with Gasteiger partial charge in [-0.3, -0.25) is 9.59 Å². The van der Waals surface area contributed by atoms with Gasteiger partial charge in [0.2, 0.25) is 23.6 Å². The molecule has 0 aromatic carbocycles. The number of oxazole rings is 2. The third-order valence-electron chi connectivity index (χ3n) is 13.4. The number of rotatable bonds is 14. The van der Waals surface area contributed by atoms with Crippen LogP contribution in [0.1, 0.15) is 137 Å². The third kappa shape index (κ3) is 17.5. The zero-order chi connectivity index (χ0) is 50.8. The zero-order valence-electron chi connectivity index (χ0n) is 43.5. The van der Waals surface area contributed by atoms with Gasteiger partial charge in [-0.05, 0) is 123 Å². The molecule has 0 saturated carbocycles. The minimum absolute atomic E-state index is 0.0124. The molecule has 0 atom stereocenters. The molecule has 16 nitrogen and oxygen atoms in total. The van der Waals surface area contributed by atoms with Gasteiger partial charge in [0.1, 0.15) is 17.1 Å². The van der Waals surface area contributed by atoms with Crippen LogP contribution >= 0.6 is 46.2 Å². The molecule has 3 N–H and O–H groups in total. The molecule has 392 valence electrons. The monoisotopic (exact) mass is 1050 g/mol. The molecule has 4 fully saturated rings. The van der Waals surface area contributed by atoms with Crippen molar-refractivity contribution in [3.05, 3.63) is 48.1 Å². The molecule has 0 radical (unpaired) electrons. The topological polar surface area (TPSA) is 184 Å². The van der Waals surface area contributed by atoms with E-state index in [1.54, 1.807) is 35.9 Å². The molecular weight excluding hydrogens is 977 g/mol. The highest BCUT2D eigenvalue weighted by atomic mass is 32.2. The Morgan fingerprint density at radius 2 is 1.04 bits per heavy atom. The van der Waals surface area contributed by atoms with Gasteiger partial charge >= 0.3 is 6.09 Å². The van der Waals surface area contributed by atoms with E-state index < -0.39 is 5.60 Å². The average molecular weight is 1060 g/mol. The van der Waals surface area contributed by atoms with Gasteiger partial charge in [-0.1, -0.05) is 64.2 Å². The van der Waals surface area contributed by atoms with Crippen molar-refractivity contribution in [2.24, 2.45) is 23.7 Å². The van der Waals surface area contributed by atoms with E-state index in [0.29, 0.717) is 33.6 Å². The fraction of sp³-hybridized carbons (Fsp3) is 0.706. The van der Waals surface area contributed by atoms with Crippen molar-refractivity contribution >= 4 is 74.4 Å². The normalized spacial score (nSPS) is 18.8. The van der Waals surface area contributed by atoms with E-state index in [1.807, 2.05) is 38.1 Å². The van der Waals surface area contributed by atoms with Crippen LogP contribution in [-0.2, 0) is 36.7 Å². The molecule has 0 bridgehead atoms. The van der Waals surface area contributed by atoms with Crippen molar-refractivity contribution in [1.82, 2.24) is 40.0 Å². The van der Waals surface area contributed by atoms with Crippen molar-refractivity contribution in [3.63, 3.8) is 0 Å². The highest BCUT2D eigenvalue weighted by Gasteiger charge is 2.32. The average Bonchev–Trinajstić information content (AvgIpc) is 4.17. The Balaban J connectivity index is 0.000000213. The Morgan fingerprint density at radius 1 is 0.620 bits per heavy atom. The van der Waals surface area contributed by atoms with E-state index in [2.05, 4.69) is 87.2 Å². The lowest BCUT2D eigenvalue weighted by Crippen LogP contribution is -2.45. The number of carbonyl (C=O) groups is 3. The number of amides is 3. The second kappa shape index (κ2) is 25.1. The van der Waals surface area contributed by atoms with Gasteiger partial charge < -0.3 is 44.2 Å². The predicted octanol–water partition coefficient (Wildman–Crippen LogP) is 10.4. The summed E-state index contributed by atoms with van der Waals surface area (Å²) in [4.78, 5) is 62.4. The molecule has 0 spiro atoms. The fourth-order valence-electron chi connectivity index (χ4n) is 9.07. The molecule has 8 heterocycles. The quantitative estimate of drug-likeness (QED) is 0.101. The number of ether oxygens (including phenoxy) is 1. The van der Waals surface area contributed by atoms with Crippen LogP contribution in [0.5, 0.6) is 0 Å². The Bertz CT molecular complexity index is 2300. The standard InChI is InChI=1S/C28H43N5O4S2.C23H35N5O2S2/c1-27(2,3)21-15-29-22(36-21)18-38-23-16-30-25(39-23)31-24(34)20-9-11-32(12-10-20)17-19-7-13-33(14-8-19)26(35)37-28(4,5)6;1-23(2,3)18-12-25-19(30-18)15-31-20-13-26-22(32-20)27-21(29)17-6-10-28(11-7-17)14-16-4-8-24-9-5-16/h15-16,19-20H,7-14,17-18H2,1-6H3,(H,30,31,34);12-13,16-17,24H,4-11,14-15H2,1-3H3,(H,26,27,29). The predicted molar refractivity (Wildman–Crippen MR) is 285 cm³/mol. The third-order valence-corrected chi connectivity index (χ3v) is 17.5. The van der Waals surface area contributed by atoms with Crippen LogP contribution < -0.4 is 16.0 Å². The number of aromatic nitrogens is 4. The first-order valence-corrected chi connectivity index (χ1v) is 29.2. The van der Waals surface area contributed by atoms with Crippen LogP contribution in [0.25, 0.3) is 0 Å². The summed E-state index contributed by atoms with van der Waals surface area (Å²) in [5, 5.41) is 10.8. The molecule has 71 heavy (non-hydrogen) atoms. The van der Waals surface area contributed by atoms with Gasteiger partial charge in [0.05, 0.1) is 44.7 Å². The zero-order valence-corrected chi connectivity index (χ0v) is 46.7. The van der Waals surface area contributed by atoms with E-state index >= 15 is 0 Å². The molecule has 20 heteroatoms. The first-order valence-electron chi connectivity index (χ1n) is 25.5. The molecule has 0 aliphatic carbocycles. The summed E-state index contributed by atoms with van der Waals surface area (Å²) >= 11 is 6.25. The minimum Gasteiger partial charge on any atom is -0.444 e. The molecule has 4 saturated heterocycles. The number of carbonyl (C=O) groups excluding carboxylic acids is 3. The summed E-state index contributed by atoms with van der Waals surface area (Å²) in [5.41, 5.74) is -0.559. The van der Waals surface area contributed by atoms with Gasteiger partial charge in [-0.25, -0.2) is 24.7 Å². The number of hydrogen-bond donors (Lipinski definition) is 3. The van der Waals surface area contributed by atoms with Gasteiger partial charge in [-0.2, -0.15) is 0 Å². The number of nitrogens with one attached hydrogen (secondary N) is 3. The van der Waals surface area contributed by atoms with Crippen molar-refractivity contribution in [2.45, 2.75) is 150 Å². The van der Waals surface area contributed by atoms with Crippen LogP contribution in [0.2, 0.25) is 0 Å². The van der Waals surface area contributed by atoms with Gasteiger partial charge in [0.15, 0.2) is 10.3 Å². The van der Waals surface area contributed by atoms with E-state index in [9.17, 15) is 14.4 Å². The lowest BCUT2D eigenvalue weighted by atomic mass is 9.92. The summed E-state index contributed by atoms with van der Waals surface area (Å²) in [6.45, 7) is 28.3. The Hall–Kier alpha value is -3.53. The van der Waals surface area contributed by atoms with Crippen molar-refractivity contribution in [2.75, 3.05) is 76.1 Å². The maximum absolute atomic E-state index is 12.9. The van der Waals surface area contributed by atoms with E-state index in [0.717, 1.165) is 129 Å². The highest BCUT2D eigenvalue weighted by molar-refractivity contribution is 8.00. The lowest BCUT2D eigenvalue weighted by molar-refractivity contribution is -0.122. The van der Waals surface area contributed by atoms with Gasteiger partial charge in [0, 0.05) is 48.8 Å². The molecule has 4 aromatic heterocycles. The summed E-state index contributed by atoms with van der Waals surface area (Å²) in [5.74, 6) is 6.14. The maximum atomic E-state index is 12.9. The fourth-order valence-corrected chi connectivity index (χ4v) is 12.5. The lowest BCUT2D eigenvalue weighted by Gasteiger charge is -2.37. The van der Waals surface area contributed by atoms with Crippen LogP contribution in [0.3, 0.4) is 0 Å². The number of anilines is 2. The van der Waals surface area contributed by atoms with E-state index in [4.69, 9.17) is 13.6 Å². The number of thioether (sulfide) groups is 2. The van der Waals surface area contributed by atoms with Crippen molar-refractivity contribution in [1.29, 1.82) is 0 Å². The number of hydrogen-bond acceptors (Lipinski definition) is 17. The maximum Gasteiger partial charge on any atom is 0.410 e. The molecule has 3 amide bonds. The Kier molecular flexibility index (Phi) is 19.5. The number of piperidine rings is 4. The Morgan fingerprint density at radius 3 is 1.44 bits per heavy atom. The molecule has 0 unspecified atom stereocenters. The molecule has 4 aromatic rings. The van der Waals surface area contributed by atoms with E-state index in [1.165, 1.54) is 42.1 Å². The SMILES string of the molecule is CC(C)(C)OC(=O)N1CCC(CN2CCC(C(=O)Nc3ncc(SCc4ncc(C(C)(C)C)o4)s3)CC2)CC1.CC(C)(C)c1cnc(CSc2cnc(NC(=O)C3CCN(CC4CCNCC4)CC3)s2)o1. The minimum atomic E-state index is -0.458. The largest absolute Gasteiger partial charge is 0.444 e. The number of thiazole rings is 2. The van der Waals surface area contributed by atoms with Gasteiger partial charge in [0.25, 0.3) is 0 Å². The number of likely N-dealkylation sites (tertiary alicyclic amines) is 3. The van der Waals surface area contributed by atoms with E-state index in [-0.39, 0.29) is 40.6 Å².